The average molecular weight is 338 g/mol. The van der Waals surface area contributed by atoms with Crippen LogP contribution in [-0.4, -0.2) is 59.3 Å². The minimum Gasteiger partial charge on any atom is -0.478 e. The quantitative estimate of drug-likeness (QED) is 0.780. The molecule has 0 spiro atoms. The highest BCUT2D eigenvalue weighted by atomic mass is 16.6. The third-order valence-electron chi connectivity index (χ3n) is 3.17. The van der Waals surface area contributed by atoms with E-state index in [1.807, 2.05) is 6.92 Å². The summed E-state index contributed by atoms with van der Waals surface area (Å²) < 4.78 is 10.8. The van der Waals surface area contributed by atoms with Crippen molar-refractivity contribution in [1.29, 1.82) is 0 Å². The van der Waals surface area contributed by atoms with E-state index in [1.54, 1.807) is 7.11 Å². The molecule has 0 unspecified atom stereocenters. The predicted molar refractivity (Wildman–Crippen MR) is 86.9 cm³/mol. The van der Waals surface area contributed by atoms with Gasteiger partial charge in [0.25, 0.3) is 0 Å². The Balaban J connectivity index is 0.000000307. The minimum atomic E-state index is -1.26. The molecule has 1 aliphatic rings. The Hall–Kier alpha value is -2.61. The Bertz CT molecular complexity index is 595. The fourth-order valence-electron chi connectivity index (χ4n) is 2.05. The Labute approximate surface area is 140 Å². The first kappa shape index (κ1) is 19.4. The van der Waals surface area contributed by atoms with Crippen molar-refractivity contribution in [2.45, 2.75) is 19.8 Å². The molecule has 0 aliphatic carbocycles. The minimum absolute atomic E-state index is 0.548. The summed E-state index contributed by atoms with van der Waals surface area (Å²) in [5.41, 5.74) is 2.05. The standard InChI is InChI=1S/C12H18N2O2.C4H4O4/c1-4-10-12(15-3)16-11(13-10)9-6-5-7-14(2)8-9;5-3(6)1-2-4(7)8/h6H,4-5,7-8H2,1-3H3;1-2H,(H,5,6)(H,7,8). The van der Waals surface area contributed by atoms with Crippen LogP contribution >= 0.6 is 0 Å². The van der Waals surface area contributed by atoms with E-state index in [4.69, 9.17) is 19.4 Å². The maximum atomic E-state index is 9.55. The smallest absolute Gasteiger partial charge is 0.328 e. The second-order valence-electron chi connectivity index (χ2n) is 5.08. The molecular weight excluding hydrogens is 316 g/mol. The van der Waals surface area contributed by atoms with Gasteiger partial charge in [-0.3, -0.25) is 0 Å². The molecule has 8 heteroatoms. The third kappa shape index (κ3) is 6.25. The molecule has 132 valence electrons. The van der Waals surface area contributed by atoms with Crippen LogP contribution in [0.4, 0.5) is 0 Å². The van der Waals surface area contributed by atoms with Gasteiger partial charge in [0.15, 0.2) is 0 Å². The van der Waals surface area contributed by atoms with Crippen LogP contribution < -0.4 is 4.74 Å². The number of likely N-dealkylation sites (N-methyl/N-ethyl adjacent to an activating group) is 1. The Kier molecular flexibility index (Phi) is 7.70. The molecule has 0 aromatic carbocycles. The number of oxazole rings is 1. The Morgan fingerprint density at radius 3 is 2.42 bits per heavy atom. The van der Waals surface area contributed by atoms with E-state index in [0.717, 1.165) is 37.2 Å². The largest absolute Gasteiger partial charge is 0.478 e. The zero-order valence-electron chi connectivity index (χ0n) is 14.0. The number of aromatic nitrogens is 1. The summed E-state index contributed by atoms with van der Waals surface area (Å²) >= 11 is 0. The van der Waals surface area contributed by atoms with Gasteiger partial charge < -0.3 is 24.3 Å². The van der Waals surface area contributed by atoms with E-state index in [-0.39, 0.29) is 0 Å². The van der Waals surface area contributed by atoms with Crippen LogP contribution in [0.2, 0.25) is 0 Å². The van der Waals surface area contributed by atoms with Gasteiger partial charge in [-0.1, -0.05) is 13.0 Å². The number of methoxy groups -OCH3 is 1. The van der Waals surface area contributed by atoms with Gasteiger partial charge in [-0.2, -0.15) is 0 Å². The first-order valence-corrected chi connectivity index (χ1v) is 7.42. The van der Waals surface area contributed by atoms with E-state index in [0.29, 0.717) is 24.0 Å². The number of nitrogens with zero attached hydrogens (tertiary/aromatic N) is 2. The summed E-state index contributed by atoms with van der Waals surface area (Å²) in [5, 5.41) is 15.6. The molecule has 2 rings (SSSR count). The van der Waals surface area contributed by atoms with Crippen LogP contribution in [0.1, 0.15) is 24.9 Å². The Morgan fingerprint density at radius 1 is 1.38 bits per heavy atom. The van der Waals surface area contributed by atoms with Crippen molar-refractivity contribution in [3.8, 4) is 5.95 Å². The summed E-state index contributed by atoms with van der Waals surface area (Å²) in [6, 6.07) is 0. The number of ether oxygens (including phenoxy) is 1. The molecule has 0 atom stereocenters. The average Bonchev–Trinajstić information content (AvgIpc) is 2.97. The number of aryl methyl sites for hydroxylation is 1. The zero-order valence-corrected chi connectivity index (χ0v) is 14.0. The number of hydrogen-bond acceptors (Lipinski definition) is 6. The zero-order chi connectivity index (χ0) is 18.1. The van der Waals surface area contributed by atoms with Gasteiger partial charge >= 0.3 is 17.9 Å². The number of carboxylic acid groups (broad SMARTS) is 2. The summed E-state index contributed by atoms with van der Waals surface area (Å²) in [5.74, 6) is -1.26. The molecule has 24 heavy (non-hydrogen) atoms. The van der Waals surface area contributed by atoms with Gasteiger partial charge in [0, 0.05) is 30.8 Å². The van der Waals surface area contributed by atoms with Crippen molar-refractivity contribution in [2.24, 2.45) is 0 Å². The first-order chi connectivity index (χ1) is 11.4. The van der Waals surface area contributed by atoms with Crippen molar-refractivity contribution in [1.82, 2.24) is 9.88 Å². The third-order valence-corrected chi connectivity index (χ3v) is 3.17. The van der Waals surface area contributed by atoms with Crippen molar-refractivity contribution in [2.75, 3.05) is 27.2 Å². The first-order valence-electron chi connectivity index (χ1n) is 7.42. The SMILES string of the molecule is CCc1nc(C2=CCCN(C)C2)oc1OC.O=C(O)C=CC(=O)O. The van der Waals surface area contributed by atoms with Crippen molar-refractivity contribution in [3.05, 3.63) is 29.8 Å². The predicted octanol–water partition coefficient (Wildman–Crippen LogP) is 1.68. The summed E-state index contributed by atoms with van der Waals surface area (Å²) in [6.07, 6.45) is 5.20. The topological polar surface area (TPSA) is 113 Å². The van der Waals surface area contributed by atoms with Crippen LogP contribution in [0, 0.1) is 0 Å². The van der Waals surface area contributed by atoms with E-state index in [1.165, 1.54) is 0 Å². The molecule has 2 N–H and O–H groups in total. The highest BCUT2D eigenvalue weighted by Gasteiger charge is 2.18. The van der Waals surface area contributed by atoms with Gasteiger partial charge in [0.05, 0.1) is 7.11 Å². The molecule has 0 fully saturated rings. The molecule has 0 amide bonds. The molecule has 0 radical (unpaired) electrons. The maximum Gasteiger partial charge on any atom is 0.328 e. The second kappa shape index (κ2) is 9.51. The van der Waals surface area contributed by atoms with Crippen LogP contribution in [0.5, 0.6) is 5.95 Å². The monoisotopic (exact) mass is 338 g/mol. The second-order valence-corrected chi connectivity index (χ2v) is 5.08. The van der Waals surface area contributed by atoms with Crippen molar-refractivity contribution in [3.63, 3.8) is 0 Å². The molecule has 8 nitrogen and oxygen atoms in total. The molecule has 2 heterocycles. The van der Waals surface area contributed by atoms with Crippen molar-refractivity contribution >= 4 is 17.5 Å². The van der Waals surface area contributed by atoms with Gasteiger partial charge in [0.1, 0.15) is 5.69 Å². The lowest BCUT2D eigenvalue weighted by Crippen LogP contribution is -2.25. The van der Waals surface area contributed by atoms with E-state index < -0.39 is 11.9 Å². The normalized spacial score (nSPS) is 14.7. The summed E-state index contributed by atoms with van der Waals surface area (Å²) in [4.78, 5) is 25.8. The van der Waals surface area contributed by atoms with E-state index in [9.17, 15) is 9.59 Å². The molecule has 1 aromatic heterocycles. The van der Waals surface area contributed by atoms with Gasteiger partial charge in [0.2, 0.25) is 5.89 Å². The lowest BCUT2D eigenvalue weighted by atomic mass is 10.1. The molecular formula is C16H22N2O6. The fourth-order valence-corrected chi connectivity index (χ4v) is 2.05. The van der Waals surface area contributed by atoms with Crippen LogP contribution in [0.15, 0.2) is 22.6 Å². The highest BCUT2D eigenvalue weighted by Crippen LogP contribution is 2.26. The molecule has 0 saturated heterocycles. The summed E-state index contributed by atoms with van der Waals surface area (Å²) in [7, 11) is 3.72. The number of aliphatic carboxylic acids is 2. The number of rotatable bonds is 5. The lowest BCUT2D eigenvalue weighted by molar-refractivity contribution is -0.134. The number of hydrogen-bond donors (Lipinski definition) is 2. The fraction of sp³-hybridized carbons (Fsp3) is 0.438. The van der Waals surface area contributed by atoms with E-state index in [2.05, 4.69) is 23.0 Å². The number of carboxylic acids is 2. The lowest BCUT2D eigenvalue weighted by Gasteiger charge is -2.20. The van der Waals surface area contributed by atoms with Crippen LogP contribution in [0.3, 0.4) is 0 Å². The summed E-state index contributed by atoms with van der Waals surface area (Å²) in [6.45, 7) is 4.04. The molecule has 0 bridgehead atoms. The Morgan fingerprint density at radius 2 is 2.00 bits per heavy atom. The van der Waals surface area contributed by atoms with Crippen LogP contribution in [0.25, 0.3) is 5.57 Å². The van der Waals surface area contributed by atoms with E-state index >= 15 is 0 Å². The molecule has 1 aliphatic heterocycles. The van der Waals surface area contributed by atoms with Crippen LogP contribution in [-0.2, 0) is 16.0 Å². The number of carbonyl (C=O) groups is 2. The van der Waals surface area contributed by atoms with Gasteiger partial charge in [-0.25, -0.2) is 14.6 Å². The van der Waals surface area contributed by atoms with Crippen molar-refractivity contribution < 1.29 is 29.0 Å². The van der Waals surface area contributed by atoms with Gasteiger partial charge in [-0.15, -0.1) is 0 Å². The highest BCUT2D eigenvalue weighted by molar-refractivity contribution is 5.89. The van der Waals surface area contributed by atoms with Gasteiger partial charge in [-0.05, 0) is 19.9 Å². The molecule has 0 saturated carbocycles. The molecule has 1 aromatic rings. The maximum absolute atomic E-state index is 9.55.